The maximum atomic E-state index is 12.0. The van der Waals surface area contributed by atoms with Crippen molar-refractivity contribution in [2.45, 2.75) is 24.3 Å². The first-order valence-electron chi connectivity index (χ1n) is 6.92. The molecule has 1 atom stereocenters. The SMILES string of the molecule is CC(CCN(C)C)NS(=O)(=O)CCSc1ccccc1N. The summed E-state index contributed by atoms with van der Waals surface area (Å²) in [6, 6.07) is 7.43. The normalized spacial score (nSPS) is 13.5. The maximum absolute atomic E-state index is 12.0. The van der Waals surface area contributed by atoms with E-state index in [1.165, 1.54) is 11.8 Å². The summed E-state index contributed by atoms with van der Waals surface area (Å²) in [7, 11) is 0.707. The van der Waals surface area contributed by atoms with Gasteiger partial charge in [-0.25, -0.2) is 13.1 Å². The van der Waals surface area contributed by atoms with E-state index in [0.29, 0.717) is 11.4 Å². The summed E-state index contributed by atoms with van der Waals surface area (Å²) < 4.78 is 26.7. The van der Waals surface area contributed by atoms with E-state index in [4.69, 9.17) is 5.73 Å². The number of nitrogens with two attached hydrogens (primary N) is 1. The highest BCUT2D eigenvalue weighted by atomic mass is 32.2. The minimum absolute atomic E-state index is 0.0517. The van der Waals surface area contributed by atoms with Crippen LogP contribution >= 0.6 is 11.8 Å². The van der Waals surface area contributed by atoms with Crippen molar-refractivity contribution in [2.24, 2.45) is 0 Å². The molecule has 3 N–H and O–H groups in total. The third-order valence-electron chi connectivity index (χ3n) is 2.92. The summed E-state index contributed by atoms with van der Waals surface area (Å²) in [5.41, 5.74) is 6.52. The van der Waals surface area contributed by atoms with Gasteiger partial charge in [0.1, 0.15) is 0 Å². The first kappa shape index (κ1) is 18.3. The lowest BCUT2D eigenvalue weighted by molar-refractivity contribution is 0.379. The van der Waals surface area contributed by atoms with Crippen molar-refractivity contribution in [2.75, 3.05) is 37.9 Å². The van der Waals surface area contributed by atoms with Crippen LogP contribution in [0.2, 0.25) is 0 Å². The third kappa shape index (κ3) is 7.71. The van der Waals surface area contributed by atoms with Crippen molar-refractivity contribution >= 4 is 27.5 Å². The third-order valence-corrected chi connectivity index (χ3v) is 5.77. The fourth-order valence-corrected chi connectivity index (χ4v) is 4.44. The van der Waals surface area contributed by atoms with E-state index in [-0.39, 0.29) is 11.8 Å². The van der Waals surface area contributed by atoms with Gasteiger partial charge < -0.3 is 10.6 Å². The number of thioether (sulfide) groups is 1. The molecule has 0 heterocycles. The Morgan fingerprint density at radius 1 is 1.33 bits per heavy atom. The fraction of sp³-hybridized carbons (Fsp3) is 0.571. The van der Waals surface area contributed by atoms with Crippen LogP contribution in [0.15, 0.2) is 29.2 Å². The van der Waals surface area contributed by atoms with Crippen molar-refractivity contribution in [3.05, 3.63) is 24.3 Å². The Kier molecular flexibility index (Phi) is 7.51. The summed E-state index contributed by atoms with van der Waals surface area (Å²) >= 11 is 1.47. The number of nitrogen functional groups attached to an aromatic ring is 1. The van der Waals surface area contributed by atoms with Crippen LogP contribution in [0.25, 0.3) is 0 Å². The van der Waals surface area contributed by atoms with Crippen molar-refractivity contribution in [3.8, 4) is 0 Å². The first-order chi connectivity index (χ1) is 9.80. The molecule has 0 aliphatic rings. The molecule has 1 aromatic rings. The number of benzene rings is 1. The largest absolute Gasteiger partial charge is 0.398 e. The quantitative estimate of drug-likeness (QED) is 0.531. The highest BCUT2D eigenvalue weighted by molar-refractivity contribution is 8.00. The number of nitrogens with one attached hydrogen (secondary N) is 1. The number of nitrogens with zero attached hydrogens (tertiary/aromatic N) is 1. The maximum Gasteiger partial charge on any atom is 0.212 e. The Balaban J connectivity index is 2.38. The Morgan fingerprint density at radius 3 is 2.62 bits per heavy atom. The lowest BCUT2D eigenvalue weighted by atomic mass is 10.2. The number of sulfonamides is 1. The van der Waals surface area contributed by atoms with E-state index in [9.17, 15) is 8.42 Å². The molecule has 0 amide bonds. The number of anilines is 1. The van der Waals surface area contributed by atoms with Gasteiger partial charge in [0.15, 0.2) is 0 Å². The average Bonchev–Trinajstić information content (AvgIpc) is 2.38. The van der Waals surface area contributed by atoms with Crippen molar-refractivity contribution in [1.29, 1.82) is 0 Å². The second kappa shape index (κ2) is 8.63. The number of hydrogen-bond donors (Lipinski definition) is 2. The van der Waals surface area contributed by atoms with Crippen LogP contribution in [0.5, 0.6) is 0 Å². The van der Waals surface area contributed by atoms with E-state index >= 15 is 0 Å². The molecule has 0 saturated heterocycles. The van der Waals surface area contributed by atoms with E-state index in [0.717, 1.165) is 17.9 Å². The highest BCUT2D eigenvalue weighted by Crippen LogP contribution is 2.24. The Morgan fingerprint density at radius 2 is 2.00 bits per heavy atom. The summed E-state index contributed by atoms with van der Waals surface area (Å²) in [5, 5.41) is 0. The number of rotatable bonds is 9. The van der Waals surface area contributed by atoms with Crippen LogP contribution < -0.4 is 10.5 Å². The van der Waals surface area contributed by atoms with Crippen LogP contribution in [0.3, 0.4) is 0 Å². The van der Waals surface area contributed by atoms with Crippen LogP contribution in [-0.2, 0) is 10.0 Å². The monoisotopic (exact) mass is 331 g/mol. The van der Waals surface area contributed by atoms with Gasteiger partial charge in [-0.15, -0.1) is 11.8 Å². The van der Waals surface area contributed by atoms with Gasteiger partial charge in [-0.05, 0) is 46.1 Å². The van der Waals surface area contributed by atoms with Gasteiger partial charge in [0.25, 0.3) is 0 Å². The standard InChI is InChI=1S/C14H25N3O2S2/c1-12(8-9-17(2)3)16-21(18,19)11-10-20-14-7-5-4-6-13(14)15/h4-7,12,16H,8-11,15H2,1-3H3. The zero-order valence-corrected chi connectivity index (χ0v) is 14.5. The predicted molar refractivity (Wildman–Crippen MR) is 91.1 cm³/mol. The molecular formula is C14H25N3O2S2. The highest BCUT2D eigenvalue weighted by Gasteiger charge is 2.14. The van der Waals surface area contributed by atoms with E-state index in [1.54, 1.807) is 0 Å². The number of para-hydroxylation sites is 1. The second-order valence-electron chi connectivity index (χ2n) is 5.32. The molecule has 5 nitrogen and oxygen atoms in total. The fourth-order valence-electron chi connectivity index (χ4n) is 1.75. The van der Waals surface area contributed by atoms with Gasteiger partial charge in [-0.3, -0.25) is 0 Å². The predicted octanol–water partition coefficient (Wildman–Crippen LogP) is 1.62. The van der Waals surface area contributed by atoms with E-state index < -0.39 is 10.0 Å². The topological polar surface area (TPSA) is 75.4 Å². The van der Waals surface area contributed by atoms with E-state index in [1.807, 2.05) is 50.2 Å². The molecule has 1 rings (SSSR count). The van der Waals surface area contributed by atoms with Crippen LogP contribution in [0.1, 0.15) is 13.3 Å². The Labute approximate surface area is 132 Å². The lowest BCUT2D eigenvalue weighted by Crippen LogP contribution is -2.36. The molecule has 0 spiro atoms. The minimum Gasteiger partial charge on any atom is -0.398 e. The summed E-state index contributed by atoms with van der Waals surface area (Å²) in [6.07, 6.45) is 0.797. The molecule has 0 aliphatic carbocycles. The molecule has 7 heteroatoms. The molecule has 1 aromatic carbocycles. The summed E-state index contributed by atoms with van der Waals surface area (Å²) in [4.78, 5) is 2.96. The summed E-state index contributed by atoms with van der Waals surface area (Å²) in [5.74, 6) is 0.586. The molecule has 120 valence electrons. The van der Waals surface area contributed by atoms with E-state index in [2.05, 4.69) is 4.72 Å². The van der Waals surface area contributed by atoms with Crippen molar-refractivity contribution < 1.29 is 8.42 Å². The van der Waals surface area contributed by atoms with Gasteiger partial charge >= 0.3 is 0 Å². The van der Waals surface area contributed by atoms with Gasteiger partial charge in [0.05, 0.1) is 5.75 Å². The molecule has 0 aliphatic heterocycles. The van der Waals surface area contributed by atoms with Gasteiger partial charge in [-0.1, -0.05) is 12.1 Å². The van der Waals surface area contributed by atoms with Crippen molar-refractivity contribution in [1.82, 2.24) is 9.62 Å². The van der Waals surface area contributed by atoms with Crippen LogP contribution in [-0.4, -0.2) is 51.5 Å². The average molecular weight is 332 g/mol. The molecule has 21 heavy (non-hydrogen) atoms. The smallest absolute Gasteiger partial charge is 0.212 e. The molecular weight excluding hydrogens is 306 g/mol. The second-order valence-corrected chi connectivity index (χ2v) is 8.33. The zero-order chi connectivity index (χ0) is 15.9. The van der Waals surface area contributed by atoms with Gasteiger partial charge in [-0.2, -0.15) is 0 Å². The van der Waals surface area contributed by atoms with Crippen LogP contribution in [0, 0.1) is 0 Å². The van der Waals surface area contributed by atoms with Gasteiger partial charge in [0, 0.05) is 22.4 Å². The lowest BCUT2D eigenvalue weighted by Gasteiger charge is -2.16. The Hall–Kier alpha value is -0.760. The molecule has 0 aromatic heterocycles. The zero-order valence-electron chi connectivity index (χ0n) is 12.9. The molecule has 0 saturated carbocycles. The minimum atomic E-state index is -3.24. The molecule has 0 fully saturated rings. The number of hydrogen-bond acceptors (Lipinski definition) is 5. The molecule has 1 unspecified atom stereocenters. The molecule has 0 radical (unpaired) electrons. The first-order valence-corrected chi connectivity index (χ1v) is 9.56. The van der Waals surface area contributed by atoms with Crippen molar-refractivity contribution in [3.63, 3.8) is 0 Å². The summed E-state index contributed by atoms with van der Waals surface area (Å²) in [6.45, 7) is 2.75. The Bertz CT molecular complexity index is 533. The van der Waals surface area contributed by atoms with Gasteiger partial charge in [0.2, 0.25) is 10.0 Å². The molecule has 0 bridgehead atoms. The van der Waals surface area contributed by atoms with Crippen LogP contribution in [0.4, 0.5) is 5.69 Å².